The standard InChI is InChI=1S/C19H17N5O2S/c1-2-26-18(25)24-6-5-12-13(8-20)17(23)19(10-21,11-22)16(14(12)9-24)15-4-3-7-27-15/h3-5,7,14,16H,2,6,9,23H2,1H3/t14-,16-/m1/s1. The molecule has 1 aliphatic heterocycles. The first kappa shape index (κ1) is 18.5. The number of hydrogen-bond donors (Lipinski definition) is 1. The molecule has 8 heteroatoms. The molecule has 2 atom stereocenters. The van der Waals surface area contributed by atoms with Crippen LogP contribution in [0.2, 0.25) is 0 Å². The maximum atomic E-state index is 12.2. The Morgan fingerprint density at radius 3 is 2.74 bits per heavy atom. The van der Waals surface area contributed by atoms with Crippen LogP contribution < -0.4 is 5.73 Å². The Kier molecular flexibility index (Phi) is 4.90. The zero-order valence-corrected chi connectivity index (χ0v) is 15.5. The van der Waals surface area contributed by atoms with Crippen molar-refractivity contribution in [2.24, 2.45) is 17.1 Å². The Balaban J connectivity index is 2.20. The molecule has 0 aromatic carbocycles. The number of nitrogens with two attached hydrogens (primary N) is 1. The van der Waals surface area contributed by atoms with Crippen molar-refractivity contribution in [2.75, 3.05) is 19.7 Å². The molecule has 0 unspecified atom stereocenters. The highest BCUT2D eigenvalue weighted by molar-refractivity contribution is 7.10. The van der Waals surface area contributed by atoms with Crippen LogP contribution in [0.3, 0.4) is 0 Å². The minimum absolute atomic E-state index is 0.0134. The number of amides is 1. The lowest BCUT2D eigenvalue weighted by molar-refractivity contribution is 0.100. The van der Waals surface area contributed by atoms with E-state index >= 15 is 0 Å². The summed E-state index contributed by atoms with van der Waals surface area (Å²) < 4.78 is 5.09. The molecular formula is C19H17N5O2S. The molecule has 0 radical (unpaired) electrons. The van der Waals surface area contributed by atoms with Crippen molar-refractivity contribution in [1.82, 2.24) is 4.90 Å². The van der Waals surface area contributed by atoms with Gasteiger partial charge in [0, 0.05) is 29.8 Å². The van der Waals surface area contributed by atoms with E-state index in [0.29, 0.717) is 5.57 Å². The normalized spacial score (nSPS) is 23.3. The average Bonchev–Trinajstić information content (AvgIpc) is 3.21. The molecule has 0 saturated carbocycles. The Labute approximate surface area is 161 Å². The summed E-state index contributed by atoms with van der Waals surface area (Å²) in [5.74, 6) is -0.976. The van der Waals surface area contributed by atoms with Gasteiger partial charge in [-0.05, 0) is 23.9 Å². The van der Waals surface area contributed by atoms with Crippen LogP contribution in [0.25, 0.3) is 0 Å². The fourth-order valence-electron chi connectivity index (χ4n) is 3.82. The van der Waals surface area contributed by atoms with E-state index in [0.717, 1.165) is 4.88 Å². The lowest BCUT2D eigenvalue weighted by Crippen LogP contribution is -2.49. The van der Waals surface area contributed by atoms with Crippen molar-refractivity contribution in [1.29, 1.82) is 15.8 Å². The molecule has 1 aromatic rings. The van der Waals surface area contributed by atoms with Crippen molar-refractivity contribution in [2.45, 2.75) is 12.8 Å². The predicted octanol–water partition coefficient (Wildman–Crippen LogP) is 2.63. The SMILES string of the molecule is CCOC(=O)N1CC=C2C(C#N)=C(N)C(C#N)(C#N)[C@@H](c3cccs3)[C@@H]2C1. The first-order valence-electron chi connectivity index (χ1n) is 8.42. The van der Waals surface area contributed by atoms with Crippen molar-refractivity contribution in [3.8, 4) is 18.2 Å². The van der Waals surface area contributed by atoms with Gasteiger partial charge < -0.3 is 15.4 Å². The molecule has 7 nitrogen and oxygen atoms in total. The summed E-state index contributed by atoms with van der Waals surface area (Å²) in [6.45, 7) is 2.51. The molecule has 2 aliphatic rings. The molecule has 3 rings (SSSR count). The molecule has 0 saturated heterocycles. The molecule has 1 amide bonds. The number of ether oxygens (including phenoxy) is 1. The lowest BCUT2D eigenvalue weighted by Gasteiger charge is -2.44. The molecule has 136 valence electrons. The Hall–Kier alpha value is -3.28. The summed E-state index contributed by atoms with van der Waals surface area (Å²) in [4.78, 5) is 14.6. The van der Waals surface area contributed by atoms with Crippen LogP contribution in [0.15, 0.2) is 40.4 Å². The Morgan fingerprint density at radius 2 is 2.19 bits per heavy atom. The van der Waals surface area contributed by atoms with Crippen molar-refractivity contribution >= 4 is 17.4 Å². The van der Waals surface area contributed by atoms with Gasteiger partial charge in [-0.2, -0.15) is 15.8 Å². The van der Waals surface area contributed by atoms with Gasteiger partial charge in [0.05, 0.1) is 30.0 Å². The maximum Gasteiger partial charge on any atom is 0.410 e. The second-order valence-corrected chi connectivity index (χ2v) is 7.27. The van der Waals surface area contributed by atoms with Crippen molar-refractivity contribution < 1.29 is 9.53 Å². The zero-order valence-electron chi connectivity index (χ0n) is 14.7. The van der Waals surface area contributed by atoms with E-state index in [1.54, 1.807) is 13.0 Å². The van der Waals surface area contributed by atoms with E-state index in [-0.39, 0.29) is 31.0 Å². The fourth-order valence-corrected chi connectivity index (χ4v) is 4.78. The first-order valence-corrected chi connectivity index (χ1v) is 9.30. The number of fused-ring (bicyclic) bond motifs is 1. The minimum atomic E-state index is -1.67. The summed E-state index contributed by atoms with van der Waals surface area (Å²) in [7, 11) is 0. The number of rotatable bonds is 2. The van der Waals surface area contributed by atoms with Crippen LogP contribution in [0.5, 0.6) is 0 Å². The van der Waals surface area contributed by atoms with Crippen LogP contribution in [-0.2, 0) is 4.74 Å². The number of carbonyl (C=O) groups excluding carboxylic acids is 1. The molecule has 2 N–H and O–H groups in total. The number of nitrogens with zero attached hydrogens (tertiary/aromatic N) is 4. The predicted molar refractivity (Wildman–Crippen MR) is 97.7 cm³/mol. The van der Waals surface area contributed by atoms with E-state index in [9.17, 15) is 20.6 Å². The number of carbonyl (C=O) groups is 1. The number of nitriles is 3. The van der Waals surface area contributed by atoms with E-state index in [1.165, 1.54) is 16.2 Å². The molecule has 1 aromatic heterocycles. The highest BCUT2D eigenvalue weighted by atomic mass is 32.1. The third-order valence-corrected chi connectivity index (χ3v) is 6.00. The quantitative estimate of drug-likeness (QED) is 0.841. The largest absolute Gasteiger partial charge is 0.450 e. The molecule has 0 bridgehead atoms. The highest BCUT2D eigenvalue weighted by Gasteiger charge is 2.55. The third kappa shape index (κ3) is 2.73. The lowest BCUT2D eigenvalue weighted by atomic mass is 9.59. The van der Waals surface area contributed by atoms with E-state index in [4.69, 9.17) is 10.5 Å². The number of thiophene rings is 1. The second-order valence-electron chi connectivity index (χ2n) is 6.30. The molecule has 1 aliphatic carbocycles. The maximum absolute atomic E-state index is 12.2. The summed E-state index contributed by atoms with van der Waals surface area (Å²) in [6, 6.07) is 9.90. The van der Waals surface area contributed by atoms with Crippen LogP contribution in [0, 0.1) is 45.3 Å². The number of hydrogen-bond acceptors (Lipinski definition) is 7. The third-order valence-electron chi connectivity index (χ3n) is 5.04. The summed E-state index contributed by atoms with van der Waals surface area (Å²) in [5.41, 5.74) is 5.38. The van der Waals surface area contributed by atoms with E-state index < -0.39 is 23.3 Å². The van der Waals surface area contributed by atoms with Gasteiger partial charge in [0.2, 0.25) is 0 Å². The number of allylic oxidation sites excluding steroid dienone is 2. The smallest absolute Gasteiger partial charge is 0.410 e. The fraction of sp³-hybridized carbons (Fsp3) is 0.368. The summed E-state index contributed by atoms with van der Waals surface area (Å²) in [5, 5.41) is 31.4. The molecule has 27 heavy (non-hydrogen) atoms. The van der Waals surface area contributed by atoms with Gasteiger partial charge >= 0.3 is 6.09 Å². The van der Waals surface area contributed by atoms with Crippen molar-refractivity contribution in [3.05, 3.63) is 45.3 Å². The monoisotopic (exact) mass is 379 g/mol. The molecule has 2 heterocycles. The zero-order chi connectivity index (χ0) is 19.6. The molecule has 0 spiro atoms. The van der Waals surface area contributed by atoms with Gasteiger partial charge in [-0.1, -0.05) is 12.1 Å². The highest BCUT2D eigenvalue weighted by Crippen LogP contribution is 2.54. The topological polar surface area (TPSA) is 127 Å². The Morgan fingerprint density at radius 1 is 1.44 bits per heavy atom. The van der Waals surface area contributed by atoms with Crippen LogP contribution in [0.4, 0.5) is 4.79 Å². The minimum Gasteiger partial charge on any atom is -0.450 e. The van der Waals surface area contributed by atoms with E-state index in [2.05, 4.69) is 18.2 Å². The molecular weight excluding hydrogens is 362 g/mol. The first-order chi connectivity index (χ1) is 13.0. The van der Waals surface area contributed by atoms with Gasteiger partial charge in [-0.15, -0.1) is 11.3 Å². The molecule has 0 fully saturated rings. The van der Waals surface area contributed by atoms with Gasteiger partial charge in [-0.25, -0.2) is 4.79 Å². The van der Waals surface area contributed by atoms with Crippen LogP contribution >= 0.6 is 11.3 Å². The van der Waals surface area contributed by atoms with Gasteiger partial charge in [0.15, 0.2) is 5.41 Å². The summed E-state index contributed by atoms with van der Waals surface area (Å²) in [6.07, 6.45) is 1.31. The second kappa shape index (κ2) is 7.15. The van der Waals surface area contributed by atoms with Crippen molar-refractivity contribution in [3.63, 3.8) is 0 Å². The van der Waals surface area contributed by atoms with Crippen LogP contribution in [-0.4, -0.2) is 30.7 Å². The van der Waals surface area contributed by atoms with Gasteiger partial charge in [0.1, 0.15) is 6.07 Å². The van der Waals surface area contributed by atoms with Crippen LogP contribution in [0.1, 0.15) is 17.7 Å². The Bertz CT molecular complexity index is 928. The van der Waals surface area contributed by atoms with Gasteiger partial charge in [-0.3, -0.25) is 0 Å². The van der Waals surface area contributed by atoms with Gasteiger partial charge in [0.25, 0.3) is 0 Å². The average molecular weight is 379 g/mol. The van der Waals surface area contributed by atoms with E-state index in [1.807, 2.05) is 17.5 Å². The summed E-state index contributed by atoms with van der Waals surface area (Å²) >= 11 is 1.42.